The molecule has 2 N–H and O–H groups in total. The van der Waals surface area contributed by atoms with Gasteiger partial charge in [-0.3, -0.25) is 4.68 Å². The number of aromatic nitrogens is 2. The van der Waals surface area contributed by atoms with E-state index in [1.165, 1.54) is 0 Å². The molecular weight excluding hydrogens is 186 g/mol. The first kappa shape index (κ1) is 10.1. The molecule has 1 heterocycles. The molecule has 13 heavy (non-hydrogen) atoms. The number of aryl methyl sites for hydroxylation is 1. The Morgan fingerprint density at radius 3 is 2.62 bits per heavy atom. The third kappa shape index (κ3) is 2.04. The molecule has 0 aliphatic heterocycles. The fourth-order valence-electron chi connectivity index (χ4n) is 1.14. The van der Waals surface area contributed by atoms with Gasteiger partial charge < -0.3 is 5.73 Å². The number of nitrogens with zero attached hydrogens (tertiary/aromatic N) is 2. The molecule has 0 unspecified atom stereocenters. The summed E-state index contributed by atoms with van der Waals surface area (Å²) in [7, 11) is 0. The van der Waals surface area contributed by atoms with Crippen LogP contribution < -0.4 is 5.73 Å². The van der Waals surface area contributed by atoms with Crippen LogP contribution in [0.4, 0.5) is 5.69 Å². The van der Waals surface area contributed by atoms with Gasteiger partial charge in [-0.05, 0) is 26.3 Å². The molecule has 1 rings (SSSR count). The van der Waals surface area contributed by atoms with Gasteiger partial charge in [0.15, 0.2) is 0 Å². The lowest BCUT2D eigenvalue weighted by Crippen LogP contribution is -2.03. The second-order valence-electron chi connectivity index (χ2n) is 3.20. The van der Waals surface area contributed by atoms with Crippen LogP contribution in [0, 0.1) is 13.8 Å². The second-order valence-corrected chi connectivity index (χ2v) is 3.42. The smallest absolute Gasteiger partial charge is 0.0826 e. The number of halogens is 1. The van der Waals surface area contributed by atoms with Crippen LogP contribution in [0.3, 0.4) is 0 Å². The maximum Gasteiger partial charge on any atom is 0.0826 e. The SMILES string of the molecule is C/C(=C\Cl)Cn1nc(C)c(N)c1C. The van der Waals surface area contributed by atoms with Gasteiger partial charge in [-0.25, -0.2) is 0 Å². The van der Waals surface area contributed by atoms with Gasteiger partial charge in [0, 0.05) is 5.54 Å². The normalized spacial score (nSPS) is 12.2. The van der Waals surface area contributed by atoms with E-state index in [0.717, 1.165) is 22.6 Å². The predicted molar refractivity (Wildman–Crippen MR) is 55.7 cm³/mol. The van der Waals surface area contributed by atoms with E-state index in [0.29, 0.717) is 6.54 Å². The summed E-state index contributed by atoms with van der Waals surface area (Å²) in [5, 5.41) is 4.29. The molecule has 0 amide bonds. The fourth-order valence-corrected chi connectivity index (χ4v) is 1.20. The number of allylic oxidation sites excluding steroid dienone is 1. The molecule has 0 aliphatic rings. The van der Waals surface area contributed by atoms with Crippen LogP contribution in [-0.2, 0) is 6.54 Å². The van der Waals surface area contributed by atoms with Crippen LogP contribution in [0.1, 0.15) is 18.3 Å². The Morgan fingerprint density at radius 1 is 1.62 bits per heavy atom. The molecule has 0 fully saturated rings. The van der Waals surface area contributed by atoms with Crippen LogP contribution >= 0.6 is 11.6 Å². The van der Waals surface area contributed by atoms with E-state index in [2.05, 4.69) is 5.10 Å². The minimum atomic E-state index is 0.702. The first-order chi connectivity index (χ1) is 6.06. The van der Waals surface area contributed by atoms with Crippen molar-refractivity contribution in [1.82, 2.24) is 9.78 Å². The van der Waals surface area contributed by atoms with Crippen LogP contribution in [0.25, 0.3) is 0 Å². The second kappa shape index (κ2) is 3.83. The maximum absolute atomic E-state index is 5.78. The molecule has 0 aromatic carbocycles. The Bertz CT molecular complexity index is 339. The van der Waals surface area contributed by atoms with Crippen molar-refractivity contribution in [2.24, 2.45) is 0 Å². The molecule has 0 radical (unpaired) electrons. The zero-order chi connectivity index (χ0) is 10.0. The Kier molecular flexibility index (Phi) is 2.98. The number of hydrogen-bond donors (Lipinski definition) is 1. The molecule has 1 aromatic rings. The van der Waals surface area contributed by atoms with Gasteiger partial charge in [-0.1, -0.05) is 11.6 Å². The van der Waals surface area contributed by atoms with Gasteiger partial charge in [-0.2, -0.15) is 5.10 Å². The molecule has 0 spiro atoms. The molecule has 0 saturated heterocycles. The minimum absolute atomic E-state index is 0.702. The summed E-state index contributed by atoms with van der Waals surface area (Å²) in [6, 6.07) is 0. The molecule has 72 valence electrons. The molecule has 3 nitrogen and oxygen atoms in total. The first-order valence-corrected chi connectivity index (χ1v) is 4.55. The average Bonchev–Trinajstić information content (AvgIpc) is 2.34. The molecule has 0 atom stereocenters. The van der Waals surface area contributed by atoms with Gasteiger partial charge in [0.1, 0.15) is 0 Å². The van der Waals surface area contributed by atoms with E-state index < -0.39 is 0 Å². The summed E-state index contributed by atoms with van der Waals surface area (Å²) in [5.41, 5.74) is 11.0. The summed E-state index contributed by atoms with van der Waals surface area (Å²) < 4.78 is 1.86. The lowest BCUT2D eigenvalue weighted by Gasteiger charge is -2.03. The molecule has 4 heteroatoms. The average molecular weight is 200 g/mol. The van der Waals surface area contributed by atoms with Crippen molar-refractivity contribution in [2.75, 3.05) is 5.73 Å². The fraction of sp³-hybridized carbons (Fsp3) is 0.444. The Morgan fingerprint density at radius 2 is 2.23 bits per heavy atom. The van der Waals surface area contributed by atoms with Crippen molar-refractivity contribution in [1.29, 1.82) is 0 Å². The standard InChI is InChI=1S/C9H14ClN3/c1-6(4-10)5-13-8(3)9(11)7(2)12-13/h4H,5,11H2,1-3H3/b6-4+. The van der Waals surface area contributed by atoms with Gasteiger partial charge >= 0.3 is 0 Å². The van der Waals surface area contributed by atoms with E-state index in [1.54, 1.807) is 5.54 Å². The van der Waals surface area contributed by atoms with Gasteiger partial charge in [-0.15, -0.1) is 0 Å². The number of nitrogens with two attached hydrogens (primary N) is 1. The monoisotopic (exact) mass is 199 g/mol. The molecule has 1 aromatic heterocycles. The van der Waals surface area contributed by atoms with Crippen molar-refractivity contribution >= 4 is 17.3 Å². The number of anilines is 1. The van der Waals surface area contributed by atoms with Gasteiger partial charge in [0.25, 0.3) is 0 Å². The zero-order valence-electron chi connectivity index (χ0n) is 8.13. The van der Waals surface area contributed by atoms with Crippen LogP contribution in [0.5, 0.6) is 0 Å². The quantitative estimate of drug-likeness (QED) is 0.794. The number of hydrogen-bond acceptors (Lipinski definition) is 2. The Balaban J connectivity index is 2.96. The van der Waals surface area contributed by atoms with Crippen molar-refractivity contribution in [2.45, 2.75) is 27.3 Å². The molecule has 0 saturated carbocycles. The number of rotatable bonds is 2. The van der Waals surface area contributed by atoms with E-state index in [-0.39, 0.29) is 0 Å². The summed E-state index contributed by atoms with van der Waals surface area (Å²) in [6.45, 7) is 6.52. The van der Waals surface area contributed by atoms with Crippen molar-refractivity contribution in [3.8, 4) is 0 Å². The summed E-state index contributed by atoms with van der Waals surface area (Å²) in [5.74, 6) is 0. The number of nitrogen functional groups attached to an aromatic ring is 1. The predicted octanol–water partition coefficient (Wildman–Crippen LogP) is 2.22. The van der Waals surface area contributed by atoms with E-state index >= 15 is 0 Å². The van der Waals surface area contributed by atoms with E-state index in [1.807, 2.05) is 25.5 Å². The highest BCUT2D eigenvalue weighted by atomic mass is 35.5. The molecule has 0 bridgehead atoms. The highest BCUT2D eigenvalue weighted by Gasteiger charge is 2.07. The summed E-state index contributed by atoms with van der Waals surface area (Å²) in [6.07, 6.45) is 0. The third-order valence-corrected chi connectivity index (χ3v) is 2.40. The third-order valence-electron chi connectivity index (χ3n) is 2.02. The van der Waals surface area contributed by atoms with E-state index in [9.17, 15) is 0 Å². The Hall–Kier alpha value is -0.960. The highest BCUT2D eigenvalue weighted by Crippen LogP contribution is 2.15. The summed E-state index contributed by atoms with van der Waals surface area (Å²) >= 11 is 5.57. The van der Waals surface area contributed by atoms with Crippen molar-refractivity contribution < 1.29 is 0 Å². The van der Waals surface area contributed by atoms with Crippen LogP contribution in [-0.4, -0.2) is 9.78 Å². The lowest BCUT2D eigenvalue weighted by atomic mass is 10.3. The summed E-state index contributed by atoms with van der Waals surface area (Å²) in [4.78, 5) is 0. The molecular formula is C9H14ClN3. The topological polar surface area (TPSA) is 43.8 Å². The minimum Gasteiger partial charge on any atom is -0.396 e. The largest absolute Gasteiger partial charge is 0.396 e. The highest BCUT2D eigenvalue weighted by molar-refractivity contribution is 6.25. The van der Waals surface area contributed by atoms with Crippen LogP contribution in [0.2, 0.25) is 0 Å². The maximum atomic E-state index is 5.78. The van der Waals surface area contributed by atoms with Gasteiger partial charge in [0.2, 0.25) is 0 Å². The first-order valence-electron chi connectivity index (χ1n) is 4.11. The van der Waals surface area contributed by atoms with Crippen LogP contribution in [0.15, 0.2) is 11.1 Å². The Labute approximate surface area is 83.2 Å². The lowest BCUT2D eigenvalue weighted by molar-refractivity contribution is 0.651. The van der Waals surface area contributed by atoms with Gasteiger partial charge in [0.05, 0.1) is 23.6 Å². The van der Waals surface area contributed by atoms with E-state index in [4.69, 9.17) is 17.3 Å². The van der Waals surface area contributed by atoms with Crippen molar-refractivity contribution in [3.63, 3.8) is 0 Å². The molecule has 0 aliphatic carbocycles. The van der Waals surface area contributed by atoms with Crippen molar-refractivity contribution in [3.05, 3.63) is 22.5 Å². The zero-order valence-corrected chi connectivity index (χ0v) is 8.89.